The zero-order valence-corrected chi connectivity index (χ0v) is 10.1. The first-order valence-corrected chi connectivity index (χ1v) is 5.73. The summed E-state index contributed by atoms with van der Waals surface area (Å²) in [4.78, 5) is 28.6. The molecular formula is C11H13N3O4. The quantitative estimate of drug-likeness (QED) is 0.662. The summed E-state index contributed by atoms with van der Waals surface area (Å²) in [6.07, 6.45) is 1.57. The lowest BCUT2D eigenvalue weighted by atomic mass is 10.3. The largest absolute Gasteiger partial charge is 0.457 e. The standard InChI is InChI=1S/C11H13N3O4/c1-6-5-14-9-7(18-10(14)12-8(6)15)3-4-13(9)11(16)17-2/h5,7,9H,3-4H2,1-2H3/t7-,9-/m0/s1. The van der Waals surface area contributed by atoms with Gasteiger partial charge in [0.05, 0.1) is 7.11 Å². The van der Waals surface area contributed by atoms with Gasteiger partial charge in [0.1, 0.15) is 6.10 Å². The molecule has 0 aliphatic carbocycles. The van der Waals surface area contributed by atoms with Crippen molar-refractivity contribution in [1.82, 2.24) is 14.5 Å². The molecule has 1 aromatic heterocycles. The molecule has 0 aromatic carbocycles. The highest BCUT2D eigenvalue weighted by molar-refractivity contribution is 5.68. The number of carbonyl (C=O) groups excluding carboxylic acids is 1. The Morgan fingerprint density at radius 2 is 2.39 bits per heavy atom. The molecule has 1 saturated heterocycles. The van der Waals surface area contributed by atoms with Crippen molar-refractivity contribution in [2.24, 2.45) is 0 Å². The third kappa shape index (κ3) is 1.40. The summed E-state index contributed by atoms with van der Waals surface area (Å²) in [5, 5.41) is 0. The van der Waals surface area contributed by atoms with Crippen molar-refractivity contribution in [2.75, 3.05) is 13.7 Å². The smallest absolute Gasteiger partial charge is 0.411 e. The van der Waals surface area contributed by atoms with E-state index in [0.29, 0.717) is 18.5 Å². The molecule has 1 fully saturated rings. The number of likely N-dealkylation sites (tertiary alicyclic amines) is 1. The first kappa shape index (κ1) is 11.1. The normalized spacial score (nSPS) is 24.4. The minimum atomic E-state index is -0.393. The molecule has 3 rings (SSSR count). The third-order valence-corrected chi connectivity index (χ3v) is 3.35. The number of rotatable bonds is 0. The van der Waals surface area contributed by atoms with Crippen molar-refractivity contribution < 1.29 is 14.3 Å². The highest BCUT2D eigenvalue weighted by Gasteiger charge is 2.46. The van der Waals surface area contributed by atoms with Crippen LogP contribution in [0.2, 0.25) is 0 Å². The van der Waals surface area contributed by atoms with Crippen LogP contribution in [0.15, 0.2) is 11.0 Å². The fourth-order valence-corrected chi connectivity index (χ4v) is 2.48. The molecule has 2 aliphatic rings. The minimum Gasteiger partial charge on any atom is -0.457 e. The first-order valence-electron chi connectivity index (χ1n) is 5.73. The lowest BCUT2D eigenvalue weighted by Gasteiger charge is -2.22. The number of aryl methyl sites for hydroxylation is 1. The number of hydrogen-bond donors (Lipinski definition) is 0. The van der Waals surface area contributed by atoms with Crippen LogP contribution in [-0.2, 0) is 4.74 Å². The second kappa shape index (κ2) is 3.72. The van der Waals surface area contributed by atoms with Crippen LogP contribution in [0.3, 0.4) is 0 Å². The molecule has 96 valence electrons. The van der Waals surface area contributed by atoms with E-state index in [1.54, 1.807) is 22.6 Å². The van der Waals surface area contributed by atoms with Gasteiger partial charge in [-0.05, 0) is 6.92 Å². The Hall–Kier alpha value is -2.05. The molecule has 0 bridgehead atoms. The molecule has 0 spiro atoms. The number of hydrogen-bond acceptors (Lipinski definition) is 5. The second-order valence-corrected chi connectivity index (χ2v) is 4.44. The van der Waals surface area contributed by atoms with Gasteiger partial charge in [0, 0.05) is 24.7 Å². The van der Waals surface area contributed by atoms with E-state index in [-0.39, 0.29) is 23.8 Å². The maximum atomic E-state index is 11.7. The van der Waals surface area contributed by atoms with Crippen molar-refractivity contribution >= 4 is 6.09 Å². The number of carbonyl (C=O) groups is 1. The van der Waals surface area contributed by atoms with E-state index in [2.05, 4.69) is 4.98 Å². The van der Waals surface area contributed by atoms with Gasteiger partial charge in [0.25, 0.3) is 5.56 Å². The van der Waals surface area contributed by atoms with Crippen LogP contribution in [0, 0.1) is 6.92 Å². The number of fused-ring (bicyclic) bond motifs is 3. The number of nitrogens with zero attached hydrogens (tertiary/aromatic N) is 3. The van der Waals surface area contributed by atoms with Gasteiger partial charge in [-0.3, -0.25) is 14.3 Å². The van der Waals surface area contributed by atoms with Gasteiger partial charge in [0.2, 0.25) is 0 Å². The predicted octanol–water partition coefficient (Wildman–Crippen LogP) is 0.283. The van der Waals surface area contributed by atoms with Gasteiger partial charge in [-0.25, -0.2) is 4.79 Å². The third-order valence-electron chi connectivity index (χ3n) is 3.35. The van der Waals surface area contributed by atoms with Crippen molar-refractivity contribution in [3.63, 3.8) is 0 Å². The Labute approximate surface area is 103 Å². The van der Waals surface area contributed by atoms with Crippen LogP contribution < -0.4 is 10.3 Å². The zero-order chi connectivity index (χ0) is 12.9. The van der Waals surface area contributed by atoms with E-state index in [4.69, 9.17) is 9.47 Å². The molecular weight excluding hydrogens is 238 g/mol. The molecule has 0 unspecified atom stereocenters. The Bertz CT molecular complexity index is 568. The number of aromatic nitrogens is 2. The topological polar surface area (TPSA) is 73.7 Å². The SMILES string of the molecule is COC(=O)N1CC[C@@H]2Oc3nc(=O)c(C)cn3[C@@H]21. The molecule has 0 radical (unpaired) electrons. The van der Waals surface area contributed by atoms with Crippen LogP contribution in [0.25, 0.3) is 0 Å². The second-order valence-electron chi connectivity index (χ2n) is 4.44. The van der Waals surface area contributed by atoms with Crippen LogP contribution >= 0.6 is 0 Å². The molecule has 2 atom stereocenters. The molecule has 3 heterocycles. The van der Waals surface area contributed by atoms with Crippen LogP contribution in [-0.4, -0.2) is 40.3 Å². The Morgan fingerprint density at radius 3 is 3.11 bits per heavy atom. The van der Waals surface area contributed by atoms with Crippen molar-refractivity contribution in [3.8, 4) is 6.01 Å². The number of amides is 1. The average Bonchev–Trinajstić information content (AvgIpc) is 2.89. The molecule has 7 nitrogen and oxygen atoms in total. The van der Waals surface area contributed by atoms with Gasteiger partial charge in [-0.2, -0.15) is 4.98 Å². The summed E-state index contributed by atoms with van der Waals surface area (Å²) in [5.41, 5.74) is 0.227. The maximum Gasteiger partial charge on any atom is 0.411 e. The van der Waals surface area contributed by atoms with E-state index in [0.717, 1.165) is 0 Å². The van der Waals surface area contributed by atoms with E-state index in [1.807, 2.05) is 0 Å². The van der Waals surface area contributed by atoms with E-state index < -0.39 is 6.09 Å². The Balaban J connectivity index is 2.04. The van der Waals surface area contributed by atoms with E-state index in [1.165, 1.54) is 7.11 Å². The van der Waals surface area contributed by atoms with Gasteiger partial charge >= 0.3 is 12.1 Å². The summed E-state index contributed by atoms with van der Waals surface area (Å²) in [7, 11) is 1.35. The summed E-state index contributed by atoms with van der Waals surface area (Å²) in [5.74, 6) is 0. The molecule has 1 aromatic rings. The highest BCUT2D eigenvalue weighted by atomic mass is 16.6. The maximum absolute atomic E-state index is 11.7. The van der Waals surface area contributed by atoms with Crippen LogP contribution in [0.4, 0.5) is 4.79 Å². The van der Waals surface area contributed by atoms with Crippen molar-refractivity contribution in [3.05, 3.63) is 22.1 Å². The molecule has 0 N–H and O–H groups in total. The van der Waals surface area contributed by atoms with Crippen LogP contribution in [0.1, 0.15) is 18.2 Å². The lowest BCUT2D eigenvalue weighted by Crippen LogP contribution is -2.35. The van der Waals surface area contributed by atoms with Crippen molar-refractivity contribution in [1.29, 1.82) is 0 Å². The zero-order valence-electron chi connectivity index (χ0n) is 10.1. The Kier molecular flexibility index (Phi) is 2.29. The summed E-state index contributed by atoms with van der Waals surface area (Å²) < 4.78 is 12.1. The minimum absolute atomic E-state index is 0.155. The number of ether oxygens (including phenoxy) is 2. The van der Waals surface area contributed by atoms with Crippen LogP contribution in [0.5, 0.6) is 6.01 Å². The van der Waals surface area contributed by atoms with Gasteiger partial charge in [-0.15, -0.1) is 0 Å². The van der Waals surface area contributed by atoms with Crippen molar-refractivity contribution in [2.45, 2.75) is 25.6 Å². The molecule has 0 saturated carbocycles. The summed E-state index contributed by atoms with van der Waals surface area (Å²) in [6.45, 7) is 2.26. The molecule has 1 amide bonds. The fourth-order valence-electron chi connectivity index (χ4n) is 2.48. The molecule has 7 heteroatoms. The fraction of sp³-hybridized carbons (Fsp3) is 0.545. The lowest BCUT2D eigenvalue weighted by molar-refractivity contribution is 0.0958. The average molecular weight is 251 g/mol. The number of methoxy groups -OCH3 is 1. The highest BCUT2D eigenvalue weighted by Crippen LogP contribution is 2.38. The molecule has 2 aliphatic heterocycles. The van der Waals surface area contributed by atoms with Gasteiger partial charge < -0.3 is 9.47 Å². The molecule has 18 heavy (non-hydrogen) atoms. The van der Waals surface area contributed by atoms with Gasteiger partial charge in [0.15, 0.2) is 6.17 Å². The monoisotopic (exact) mass is 251 g/mol. The van der Waals surface area contributed by atoms with Gasteiger partial charge in [-0.1, -0.05) is 0 Å². The first-order chi connectivity index (χ1) is 8.61. The summed E-state index contributed by atoms with van der Waals surface area (Å²) >= 11 is 0. The van der Waals surface area contributed by atoms with E-state index >= 15 is 0 Å². The Morgan fingerprint density at radius 1 is 1.61 bits per heavy atom. The predicted molar refractivity (Wildman–Crippen MR) is 60.4 cm³/mol. The van der Waals surface area contributed by atoms with E-state index in [9.17, 15) is 9.59 Å². The summed E-state index contributed by atoms with van der Waals surface area (Å²) in [6, 6.07) is 0.272.